The van der Waals surface area contributed by atoms with Crippen molar-refractivity contribution in [3.05, 3.63) is 0 Å². The van der Waals surface area contributed by atoms with Crippen LogP contribution in [-0.2, 0) is 29.1 Å². The Labute approximate surface area is 120 Å². The monoisotopic (exact) mass is 310 g/mol. The molecule has 0 fully saturated rings. The van der Waals surface area contributed by atoms with Gasteiger partial charge in [-0.3, -0.25) is 4.55 Å². The van der Waals surface area contributed by atoms with Gasteiger partial charge in [0.2, 0.25) is 0 Å². The third kappa shape index (κ3) is 17.2. The maximum atomic E-state index is 10.4. The molecule has 0 saturated carbocycles. The number of hydrogen-bond donors (Lipinski definition) is 1. The van der Waals surface area contributed by atoms with Gasteiger partial charge in [-0.05, 0) is 0 Å². The summed E-state index contributed by atoms with van der Waals surface area (Å²) in [6, 6.07) is 0. The van der Waals surface area contributed by atoms with E-state index in [1.807, 2.05) is 6.92 Å². The van der Waals surface area contributed by atoms with E-state index in [2.05, 4.69) is 12.0 Å². The van der Waals surface area contributed by atoms with Gasteiger partial charge in [0, 0.05) is 6.42 Å². The van der Waals surface area contributed by atoms with E-state index in [-0.39, 0.29) is 13.2 Å². The second kappa shape index (κ2) is 13.1. The highest BCUT2D eigenvalue weighted by molar-refractivity contribution is 7.85. The van der Waals surface area contributed by atoms with E-state index in [1.165, 1.54) is 0 Å². The first-order chi connectivity index (χ1) is 9.56. The van der Waals surface area contributed by atoms with Crippen LogP contribution in [0.4, 0.5) is 0 Å². The van der Waals surface area contributed by atoms with E-state index in [9.17, 15) is 8.42 Å². The van der Waals surface area contributed by atoms with Gasteiger partial charge < -0.3 is 18.9 Å². The van der Waals surface area contributed by atoms with Crippen molar-refractivity contribution in [3.8, 4) is 12.0 Å². The van der Waals surface area contributed by atoms with Crippen LogP contribution in [-0.4, -0.2) is 65.0 Å². The Kier molecular flexibility index (Phi) is 12.6. The normalized spacial score (nSPS) is 10.9. The molecule has 0 aliphatic rings. The lowest BCUT2D eigenvalue weighted by atomic mass is 10.5. The van der Waals surface area contributed by atoms with Gasteiger partial charge in [-0.15, -0.1) is 0 Å². The molecule has 0 aromatic heterocycles. The van der Waals surface area contributed by atoms with Gasteiger partial charge in [-0.1, -0.05) is 12.8 Å². The van der Waals surface area contributed by atoms with E-state index in [1.54, 1.807) is 0 Å². The molecule has 0 spiro atoms. The lowest BCUT2D eigenvalue weighted by Crippen LogP contribution is -2.14. The molecule has 0 bridgehead atoms. The topological polar surface area (TPSA) is 91.3 Å². The smallest absolute Gasteiger partial charge is 0.267 e. The van der Waals surface area contributed by atoms with Crippen LogP contribution in [0.2, 0.25) is 0 Å². The minimum Gasteiger partial charge on any atom is -0.444 e. The molecule has 0 atom stereocenters. The van der Waals surface area contributed by atoms with Gasteiger partial charge in [-0.25, -0.2) is 0 Å². The number of rotatable bonds is 12. The molecular weight excluding hydrogens is 288 g/mol. The Balaban J connectivity index is 3.10. The van der Waals surface area contributed by atoms with Crippen molar-refractivity contribution in [2.24, 2.45) is 0 Å². The summed E-state index contributed by atoms with van der Waals surface area (Å²) in [6.07, 6.45) is 3.30. The van der Waals surface area contributed by atoms with Gasteiger partial charge in [0.1, 0.15) is 12.7 Å². The van der Waals surface area contributed by atoms with Crippen LogP contribution < -0.4 is 0 Å². The zero-order chi connectivity index (χ0) is 15.1. The molecule has 1 N–H and O–H groups in total. The van der Waals surface area contributed by atoms with Crippen molar-refractivity contribution in [2.45, 2.75) is 13.3 Å². The maximum Gasteiger partial charge on any atom is 0.267 e. The first kappa shape index (κ1) is 19.1. The fourth-order valence-corrected chi connectivity index (χ4v) is 1.31. The lowest BCUT2D eigenvalue weighted by Gasteiger charge is -2.06. The van der Waals surface area contributed by atoms with Crippen molar-refractivity contribution < 1.29 is 31.9 Å². The number of ether oxygens (including phenoxy) is 4. The summed E-state index contributed by atoms with van der Waals surface area (Å²) in [5, 5.41) is 0. The molecule has 20 heavy (non-hydrogen) atoms. The highest BCUT2D eigenvalue weighted by Gasteiger charge is 2.02. The van der Waals surface area contributed by atoms with Crippen molar-refractivity contribution in [1.82, 2.24) is 0 Å². The summed E-state index contributed by atoms with van der Waals surface area (Å²) in [4.78, 5) is 0. The fourth-order valence-electron chi connectivity index (χ4n) is 0.981. The molecule has 0 saturated heterocycles. The summed E-state index contributed by atoms with van der Waals surface area (Å²) in [5.41, 5.74) is 0. The molecule has 7 nitrogen and oxygen atoms in total. The molecule has 0 aliphatic heterocycles. The van der Waals surface area contributed by atoms with Crippen molar-refractivity contribution in [3.63, 3.8) is 0 Å². The SMILES string of the molecule is CCC#COCCOCCOCCOCCS(=O)(=O)O. The average Bonchev–Trinajstić information content (AvgIpc) is 2.38. The summed E-state index contributed by atoms with van der Waals surface area (Å²) in [7, 11) is -3.95. The minimum absolute atomic E-state index is 0.0468. The minimum atomic E-state index is -3.95. The average molecular weight is 310 g/mol. The van der Waals surface area contributed by atoms with Gasteiger partial charge in [0.25, 0.3) is 10.1 Å². The summed E-state index contributed by atoms with van der Waals surface area (Å²) in [6.45, 7) is 4.24. The third-order valence-corrected chi connectivity index (χ3v) is 2.56. The second-order valence-corrected chi connectivity index (χ2v) is 5.18. The maximum absolute atomic E-state index is 10.4. The highest BCUT2D eigenvalue weighted by Crippen LogP contribution is 1.85. The first-order valence-corrected chi connectivity index (χ1v) is 7.95. The van der Waals surface area contributed by atoms with E-state index in [0.717, 1.165) is 6.42 Å². The Morgan fingerprint density at radius 2 is 1.40 bits per heavy atom. The van der Waals surface area contributed by atoms with Gasteiger partial charge in [0.15, 0.2) is 0 Å². The Morgan fingerprint density at radius 3 is 1.90 bits per heavy atom. The van der Waals surface area contributed by atoms with E-state index < -0.39 is 15.9 Å². The molecule has 0 aromatic carbocycles. The molecule has 0 aliphatic carbocycles. The van der Waals surface area contributed by atoms with Crippen molar-refractivity contribution >= 4 is 10.1 Å². The summed E-state index contributed by atoms with van der Waals surface area (Å²) >= 11 is 0. The molecule has 0 rings (SSSR count). The highest BCUT2D eigenvalue weighted by atomic mass is 32.2. The fraction of sp³-hybridized carbons (Fsp3) is 0.833. The molecule has 8 heteroatoms. The summed E-state index contributed by atoms with van der Waals surface area (Å²) in [5.74, 6) is 2.37. The predicted molar refractivity (Wildman–Crippen MR) is 72.9 cm³/mol. The van der Waals surface area contributed by atoms with Crippen LogP contribution in [0.15, 0.2) is 0 Å². The van der Waals surface area contributed by atoms with Gasteiger partial charge in [-0.2, -0.15) is 8.42 Å². The van der Waals surface area contributed by atoms with Crippen LogP contribution in [0.25, 0.3) is 0 Å². The van der Waals surface area contributed by atoms with Crippen LogP contribution in [0.1, 0.15) is 13.3 Å². The third-order valence-electron chi connectivity index (χ3n) is 1.88. The predicted octanol–water partition coefficient (Wildman–Crippen LogP) is 0.312. The zero-order valence-electron chi connectivity index (χ0n) is 11.7. The lowest BCUT2D eigenvalue weighted by molar-refractivity contribution is 0.00971. The summed E-state index contributed by atoms with van der Waals surface area (Å²) < 4.78 is 49.5. The molecule has 0 aromatic rings. The van der Waals surface area contributed by atoms with Gasteiger partial charge in [0.05, 0.1) is 45.4 Å². The standard InChI is InChI=1S/C12H22O7S/c1-2-3-4-16-5-6-17-7-8-18-9-10-19-11-12-20(13,14)15/h2,5-12H2,1H3,(H,13,14,15). The Hall–Kier alpha value is -0.850. The van der Waals surface area contributed by atoms with E-state index in [0.29, 0.717) is 33.0 Å². The van der Waals surface area contributed by atoms with E-state index in [4.69, 9.17) is 23.5 Å². The number of hydrogen-bond acceptors (Lipinski definition) is 6. The van der Waals surface area contributed by atoms with Crippen molar-refractivity contribution in [2.75, 3.05) is 52.0 Å². The Bertz CT molecular complexity index is 369. The zero-order valence-corrected chi connectivity index (χ0v) is 12.5. The molecule has 118 valence electrons. The molecule has 0 heterocycles. The van der Waals surface area contributed by atoms with Crippen LogP contribution in [0.5, 0.6) is 0 Å². The van der Waals surface area contributed by atoms with E-state index >= 15 is 0 Å². The Morgan fingerprint density at radius 1 is 0.900 bits per heavy atom. The second-order valence-electron chi connectivity index (χ2n) is 3.60. The van der Waals surface area contributed by atoms with Gasteiger partial charge >= 0.3 is 0 Å². The molecule has 0 amide bonds. The van der Waals surface area contributed by atoms with Crippen molar-refractivity contribution in [1.29, 1.82) is 0 Å². The van der Waals surface area contributed by atoms with Crippen LogP contribution in [0.3, 0.4) is 0 Å². The quantitative estimate of drug-likeness (QED) is 0.315. The molecule has 0 unspecified atom stereocenters. The first-order valence-electron chi connectivity index (χ1n) is 6.34. The largest absolute Gasteiger partial charge is 0.444 e. The molecule has 0 radical (unpaired) electrons. The molecular formula is C12H22O7S. The van der Waals surface area contributed by atoms with Crippen LogP contribution >= 0.6 is 0 Å². The van der Waals surface area contributed by atoms with Crippen LogP contribution in [0, 0.1) is 12.0 Å².